The van der Waals surface area contributed by atoms with Gasteiger partial charge in [0, 0.05) is 55.2 Å². The Hall–Kier alpha value is -3.68. The molecular formula is C21H22N8. The first kappa shape index (κ1) is 17.4. The van der Waals surface area contributed by atoms with E-state index in [1.54, 1.807) is 6.20 Å². The summed E-state index contributed by atoms with van der Waals surface area (Å²) in [5.74, 6) is 2.90. The maximum atomic E-state index is 4.70. The summed E-state index contributed by atoms with van der Waals surface area (Å²) in [6, 6.07) is 10.0. The number of aromatic nitrogens is 5. The normalized spacial score (nSPS) is 13.4. The third kappa shape index (κ3) is 3.69. The van der Waals surface area contributed by atoms with Crippen molar-refractivity contribution in [3.05, 3.63) is 60.2 Å². The quantitative estimate of drug-likeness (QED) is 0.539. The summed E-state index contributed by atoms with van der Waals surface area (Å²) in [5, 5.41) is 6.65. The molecule has 0 aliphatic carbocycles. The molecule has 1 fully saturated rings. The van der Waals surface area contributed by atoms with Gasteiger partial charge in [-0.3, -0.25) is 0 Å². The Morgan fingerprint density at radius 3 is 2.55 bits per heavy atom. The molecule has 29 heavy (non-hydrogen) atoms. The van der Waals surface area contributed by atoms with Crippen LogP contribution in [0.5, 0.6) is 0 Å². The van der Waals surface area contributed by atoms with Crippen molar-refractivity contribution in [1.29, 1.82) is 0 Å². The summed E-state index contributed by atoms with van der Waals surface area (Å²) in [4.78, 5) is 20.5. The third-order valence-electron chi connectivity index (χ3n) is 4.90. The van der Waals surface area contributed by atoms with Gasteiger partial charge in [0.15, 0.2) is 0 Å². The molecular weight excluding hydrogens is 364 g/mol. The molecule has 2 N–H and O–H groups in total. The number of anilines is 5. The number of imidazole rings is 1. The van der Waals surface area contributed by atoms with Gasteiger partial charge < -0.3 is 19.9 Å². The summed E-state index contributed by atoms with van der Waals surface area (Å²) in [7, 11) is 0. The highest BCUT2D eigenvalue weighted by Gasteiger charge is 2.18. The summed E-state index contributed by atoms with van der Waals surface area (Å²) >= 11 is 0. The number of pyridine rings is 2. The number of aryl methyl sites for hydroxylation is 2. The molecule has 0 atom stereocenters. The second kappa shape index (κ2) is 7.05. The topological polar surface area (TPSA) is 83.3 Å². The molecule has 5 heterocycles. The van der Waals surface area contributed by atoms with Crippen LogP contribution < -0.4 is 15.5 Å². The van der Waals surface area contributed by atoms with Crippen molar-refractivity contribution in [2.75, 3.05) is 28.6 Å². The highest BCUT2D eigenvalue weighted by atomic mass is 15.3. The van der Waals surface area contributed by atoms with Crippen LogP contribution in [-0.4, -0.2) is 37.4 Å². The van der Waals surface area contributed by atoms with E-state index in [4.69, 9.17) is 4.98 Å². The molecule has 1 saturated heterocycles. The van der Waals surface area contributed by atoms with E-state index in [1.807, 2.05) is 54.0 Å². The van der Waals surface area contributed by atoms with E-state index >= 15 is 0 Å². The van der Waals surface area contributed by atoms with Crippen LogP contribution in [0.3, 0.4) is 0 Å². The van der Waals surface area contributed by atoms with Gasteiger partial charge >= 0.3 is 0 Å². The van der Waals surface area contributed by atoms with Crippen molar-refractivity contribution in [2.45, 2.75) is 20.3 Å². The van der Waals surface area contributed by atoms with Crippen molar-refractivity contribution >= 4 is 34.7 Å². The number of hydrogen-bond donors (Lipinski definition) is 2. The number of fused-ring (bicyclic) bond motifs is 1. The fourth-order valence-corrected chi connectivity index (χ4v) is 3.42. The number of nitrogens with zero attached hydrogens (tertiary/aromatic N) is 6. The molecule has 0 bridgehead atoms. The van der Waals surface area contributed by atoms with E-state index in [-0.39, 0.29) is 0 Å². The maximum absolute atomic E-state index is 4.70. The lowest BCUT2D eigenvalue weighted by atomic mass is 10.2. The average Bonchev–Trinajstić information content (AvgIpc) is 3.07. The monoisotopic (exact) mass is 386 g/mol. The Bertz CT molecular complexity index is 1160. The number of rotatable bonds is 5. The fraction of sp³-hybridized carbons (Fsp3) is 0.238. The Kier molecular flexibility index (Phi) is 4.23. The number of nitrogens with one attached hydrogen (secondary N) is 2. The van der Waals surface area contributed by atoms with E-state index < -0.39 is 0 Å². The summed E-state index contributed by atoms with van der Waals surface area (Å²) in [5.41, 5.74) is 3.90. The first-order chi connectivity index (χ1) is 14.1. The van der Waals surface area contributed by atoms with Crippen LogP contribution in [0.4, 0.5) is 29.1 Å². The fourth-order valence-electron chi connectivity index (χ4n) is 3.42. The second-order valence-electron chi connectivity index (χ2n) is 7.30. The molecule has 8 nitrogen and oxygen atoms in total. The largest absolute Gasteiger partial charge is 0.356 e. The molecule has 0 unspecified atom stereocenters. The predicted octanol–water partition coefficient (Wildman–Crippen LogP) is 3.83. The van der Waals surface area contributed by atoms with Gasteiger partial charge in [0.25, 0.3) is 0 Å². The Morgan fingerprint density at radius 1 is 0.897 bits per heavy atom. The highest BCUT2D eigenvalue weighted by Crippen LogP contribution is 2.26. The molecule has 0 radical (unpaired) electrons. The molecule has 1 aliphatic heterocycles. The molecule has 5 rings (SSSR count). The minimum atomic E-state index is 0.524. The van der Waals surface area contributed by atoms with Gasteiger partial charge in [0.1, 0.15) is 23.1 Å². The lowest BCUT2D eigenvalue weighted by Crippen LogP contribution is -2.37. The summed E-state index contributed by atoms with van der Waals surface area (Å²) in [6.07, 6.45) is 6.86. The van der Waals surface area contributed by atoms with E-state index in [1.165, 1.54) is 6.42 Å². The number of hydrogen-bond acceptors (Lipinski definition) is 7. The van der Waals surface area contributed by atoms with Crippen molar-refractivity contribution in [1.82, 2.24) is 24.3 Å². The van der Waals surface area contributed by atoms with E-state index in [9.17, 15) is 0 Å². The van der Waals surface area contributed by atoms with Crippen molar-refractivity contribution in [3.63, 3.8) is 0 Å². The molecule has 0 spiro atoms. The van der Waals surface area contributed by atoms with Gasteiger partial charge in [-0.05, 0) is 44.0 Å². The van der Waals surface area contributed by atoms with Gasteiger partial charge in [-0.1, -0.05) is 0 Å². The molecule has 4 aromatic rings. The molecule has 4 aromatic heterocycles. The van der Waals surface area contributed by atoms with E-state index in [0.717, 1.165) is 53.1 Å². The zero-order chi connectivity index (χ0) is 19.8. The third-order valence-corrected chi connectivity index (χ3v) is 4.90. The second-order valence-corrected chi connectivity index (χ2v) is 7.30. The van der Waals surface area contributed by atoms with Crippen LogP contribution in [0.2, 0.25) is 0 Å². The summed E-state index contributed by atoms with van der Waals surface area (Å²) in [6.45, 7) is 6.06. The van der Waals surface area contributed by atoms with E-state index in [0.29, 0.717) is 5.95 Å². The van der Waals surface area contributed by atoms with Gasteiger partial charge in [-0.25, -0.2) is 9.97 Å². The molecule has 0 aromatic carbocycles. The standard InChI is InChI=1S/C21H22N8/c1-14-10-15(2)23-17(11-14)25-21-26-18(13-20(27-21)28-6-3-7-28)24-16-4-8-29-9-5-22-19(29)12-16/h4-5,8-13H,3,6-7H2,1-2H3,(H2,23,24,25,26,27). The van der Waals surface area contributed by atoms with Gasteiger partial charge in [-0.15, -0.1) is 0 Å². The zero-order valence-electron chi connectivity index (χ0n) is 16.4. The highest BCUT2D eigenvalue weighted by molar-refractivity contribution is 5.66. The first-order valence-corrected chi connectivity index (χ1v) is 9.68. The first-order valence-electron chi connectivity index (χ1n) is 9.68. The minimum absolute atomic E-state index is 0.524. The van der Waals surface area contributed by atoms with Crippen LogP contribution in [0.25, 0.3) is 5.65 Å². The predicted molar refractivity (Wildman–Crippen MR) is 114 cm³/mol. The molecule has 1 aliphatic rings. The van der Waals surface area contributed by atoms with Crippen LogP contribution in [0.1, 0.15) is 17.7 Å². The van der Waals surface area contributed by atoms with Gasteiger partial charge in [0.2, 0.25) is 5.95 Å². The lowest BCUT2D eigenvalue weighted by molar-refractivity contribution is 0.609. The van der Waals surface area contributed by atoms with Crippen LogP contribution in [-0.2, 0) is 0 Å². The van der Waals surface area contributed by atoms with Crippen LogP contribution in [0, 0.1) is 13.8 Å². The van der Waals surface area contributed by atoms with Crippen molar-refractivity contribution in [2.24, 2.45) is 0 Å². The minimum Gasteiger partial charge on any atom is -0.356 e. The van der Waals surface area contributed by atoms with Gasteiger partial charge in [-0.2, -0.15) is 9.97 Å². The molecule has 0 saturated carbocycles. The van der Waals surface area contributed by atoms with E-state index in [2.05, 4.69) is 37.4 Å². The maximum Gasteiger partial charge on any atom is 0.232 e. The van der Waals surface area contributed by atoms with Crippen molar-refractivity contribution in [3.8, 4) is 0 Å². The Morgan fingerprint density at radius 2 is 1.76 bits per heavy atom. The summed E-state index contributed by atoms with van der Waals surface area (Å²) < 4.78 is 1.97. The SMILES string of the molecule is Cc1cc(C)nc(Nc2nc(Nc3ccn4ccnc4c3)cc(N3CCC3)n2)c1. The average molecular weight is 386 g/mol. The van der Waals surface area contributed by atoms with Crippen LogP contribution in [0.15, 0.2) is 48.9 Å². The van der Waals surface area contributed by atoms with Gasteiger partial charge in [0.05, 0.1) is 0 Å². The molecule has 0 amide bonds. The van der Waals surface area contributed by atoms with Crippen molar-refractivity contribution < 1.29 is 0 Å². The van der Waals surface area contributed by atoms with Crippen LogP contribution >= 0.6 is 0 Å². The zero-order valence-corrected chi connectivity index (χ0v) is 16.4. The molecule has 146 valence electrons. The smallest absolute Gasteiger partial charge is 0.232 e. The Balaban J connectivity index is 1.47. The Labute approximate surface area is 168 Å². The molecule has 8 heteroatoms. The lowest BCUT2D eigenvalue weighted by Gasteiger charge is -2.32.